The van der Waals surface area contributed by atoms with Crippen molar-refractivity contribution in [3.8, 4) is 5.75 Å². The molecule has 1 aromatic carbocycles. The lowest BCUT2D eigenvalue weighted by molar-refractivity contribution is -0.0609. The van der Waals surface area contributed by atoms with Crippen molar-refractivity contribution in [2.75, 3.05) is 13.7 Å². The molecule has 2 aliphatic rings. The van der Waals surface area contributed by atoms with Crippen molar-refractivity contribution in [3.05, 3.63) is 65.8 Å². The lowest BCUT2D eigenvalue weighted by Crippen LogP contribution is -2.08. The maximum Gasteiger partial charge on any atom is 0.184 e. The van der Waals surface area contributed by atoms with Crippen molar-refractivity contribution in [1.29, 1.82) is 0 Å². The Kier molecular flexibility index (Phi) is 4.53. The van der Waals surface area contributed by atoms with Crippen LogP contribution < -0.4 is 4.74 Å². The lowest BCUT2D eigenvalue weighted by atomic mass is 10.1. The van der Waals surface area contributed by atoms with Gasteiger partial charge in [0.2, 0.25) is 0 Å². The minimum atomic E-state index is -0.250. The standard InChI is InChI=1S/C18H20O3/c1-19-16-11-9-15(10-12-16)18-20-13-17(21-18)8-4-7-14-5-2-3-6-14/h2-3,5-7,9-12,17-18H,4,8,13H2,1H3/t17-,18?/m1/s1. The van der Waals surface area contributed by atoms with Gasteiger partial charge in [0, 0.05) is 5.56 Å². The van der Waals surface area contributed by atoms with Crippen LogP contribution in [0.25, 0.3) is 0 Å². The molecule has 0 spiro atoms. The first-order valence-electron chi connectivity index (χ1n) is 7.31. The first-order chi connectivity index (χ1) is 10.3. The maximum absolute atomic E-state index is 5.96. The molecule has 0 radical (unpaired) electrons. The average Bonchev–Trinajstić information content (AvgIpc) is 3.19. The van der Waals surface area contributed by atoms with Crippen molar-refractivity contribution >= 4 is 0 Å². The van der Waals surface area contributed by atoms with E-state index >= 15 is 0 Å². The van der Waals surface area contributed by atoms with Gasteiger partial charge < -0.3 is 14.2 Å². The van der Waals surface area contributed by atoms with E-state index in [4.69, 9.17) is 14.2 Å². The Bertz CT molecular complexity index is 540. The van der Waals surface area contributed by atoms with Crippen LogP contribution in [0.2, 0.25) is 0 Å². The Hall–Kier alpha value is -1.84. The number of methoxy groups -OCH3 is 1. The van der Waals surface area contributed by atoms with E-state index in [1.165, 1.54) is 5.57 Å². The maximum atomic E-state index is 5.96. The number of hydrogen-bond donors (Lipinski definition) is 0. The summed E-state index contributed by atoms with van der Waals surface area (Å²) >= 11 is 0. The van der Waals surface area contributed by atoms with Crippen molar-refractivity contribution < 1.29 is 14.2 Å². The molecule has 2 atom stereocenters. The third-order valence-electron chi connectivity index (χ3n) is 3.69. The molecule has 0 bridgehead atoms. The first-order valence-corrected chi connectivity index (χ1v) is 7.31. The quantitative estimate of drug-likeness (QED) is 0.819. The van der Waals surface area contributed by atoms with Gasteiger partial charge in [0.1, 0.15) is 5.75 Å². The summed E-state index contributed by atoms with van der Waals surface area (Å²) in [7, 11) is 1.66. The van der Waals surface area contributed by atoms with E-state index in [0.29, 0.717) is 6.61 Å². The summed E-state index contributed by atoms with van der Waals surface area (Å²) in [6.45, 7) is 0.658. The first kappa shape index (κ1) is 14.1. The molecule has 1 aromatic rings. The van der Waals surface area contributed by atoms with Gasteiger partial charge in [0.15, 0.2) is 6.29 Å². The smallest absolute Gasteiger partial charge is 0.184 e. The fourth-order valence-electron chi connectivity index (χ4n) is 2.50. The Balaban J connectivity index is 1.49. The molecule has 3 heteroatoms. The van der Waals surface area contributed by atoms with Crippen molar-refractivity contribution in [2.45, 2.75) is 25.2 Å². The summed E-state index contributed by atoms with van der Waals surface area (Å²) in [6.07, 6.45) is 12.5. The summed E-state index contributed by atoms with van der Waals surface area (Å²) in [4.78, 5) is 0. The van der Waals surface area contributed by atoms with Crippen LogP contribution >= 0.6 is 0 Å². The molecule has 21 heavy (non-hydrogen) atoms. The number of rotatable bonds is 5. The molecular formula is C18H20O3. The van der Waals surface area contributed by atoms with Crippen LogP contribution in [0.5, 0.6) is 5.75 Å². The van der Waals surface area contributed by atoms with Gasteiger partial charge in [-0.05, 0) is 30.5 Å². The number of ether oxygens (including phenoxy) is 3. The highest BCUT2D eigenvalue weighted by Crippen LogP contribution is 2.29. The minimum Gasteiger partial charge on any atom is -0.497 e. The highest BCUT2D eigenvalue weighted by molar-refractivity contribution is 5.39. The van der Waals surface area contributed by atoms with E-state index in [1.54, 1.807) is 7.11 Å². The van der Waals surface area contributed by atoms with E-state index in [0.717, 1.165) is 24.2 Å². The molecule has 0 amide bonds. The molecule has 0 aromatic heterocycles. The molecule has 1 heterocycles. The van der Waals surface area contributed by atoms with Gasteiger partial charge in [0.05, 0.1) is 19.8 Å². The molecule has 3 nitrogen and oxygen atoms in total. The zero-order valence-electron chi connectivity index (χ0n) is 12.2. The number of benzene rings is 1. The van der Waals surface area contributed by atoms with Crippen molar-refractivity contribution in [2.24, 2.45) is 0 Å². The van der Waals surface area contributed by atoms with Crippen LogP contribution in [0.4, 0.5) is 0 Å². The summed E-state index contributed by atoms with van der Waals surface area (Å²) in [5, 5.41) is 0. The zero-order valence-corrected chi connectivity index (χ0v) is 12.2. The van der Waals surface area contributed by atoms with Gasteiger partial charge >= 0.3 is 0 Å². The molecule has 3 rings (SSSR count). The predicted octanol–water partition coefficient (Wildman–Crippen LogP) is 3.94. The van der Waals surface area contributed by atoms with Gasteiger partial charge in [-0.25, -0.2) is 0 Å². The Morgan fingerprint density at radius 2 is 1.95 bits per heavy atom. The largest absolute Gasteiger partial charge is 0.497 e. The highest BCUT2D eigenvalue weighted by atomic mass is 16.7. The van der Waals surface area contributed by atoms with Crippen LogP contribution in [0.3, 0.4) is 0 Å². The van der Waals surface area contributed by atoms with Crippen LogP contribution in [0, 0.1) is 0 Å². The minimum absolute atomic E-state index is 0.170. The molecule has 1 aliphatic carbocycles. The van der Waals surface area contributed by atoms with Gasteiger partial charge in [-0.1, -0.05) is 42.5 Å². The molecule has 1 fully saturated rings. The van der Waals surface area contributed by atoms with E-state index in [-0.39, 0.29) is 12.4 Å². The summed E-state index contributed by atoms with van der Waals surface area (Å²) < 4.78 is 16.8. The molecule has 1 aliphatic heterocycles. The third-order valence-corrected chi connectivity index (χ3v) is 3.69. The molecule has 1 saturated heterocycles. The van der Waals surface area contributed by atoms with Gasteiger partial charge in [-0.2, -0.15) is 0 Å². The van der Waals surface area contributed by atoms with E-state index in [1.807, 2.05) is 24.3 Å². The fraction of sp³-hybridized carbons (Fsp3) is 0.333. The van der Waals surface area contributed by atoms with E-state index in [2.05, 4.69) is 30.4 Å². The van der Waals surface area contributed by atoms with Gasteiger partial charge in [-0.15, -0.1) is 0 Å². The van der Waals surface area contributed by atoms with Crippen LogP contribution in [-0.4, -0.2) is 19.8 Å². The number of allylic oxidation sites excluding steroid dienone is 6. The molecular weight excluding hydrogens is 264 g/mol. The normalized spacial score (nSPS) is 23.8. The van der Waals surface area contributed by atoms with Crippen LogP contribution in [0.1, 0.15) is 24.7 Å². The second kappa shape index (κ2) is 6.74. The van der Waals surface area contributed by atoms with E-state index in [9.17, 15) is 0 Å². The topological polar surface area (TPSA) is 27.7 Å². The van der Waals surface area contributed by atoms with Crippen molar-refractivity contribution in [1.82, 2.24) is 0 Å². The zero-order chi connectivity index (χ0) is 14.5. The molecule has 0 N–H and O–H groups in total. The second-order valence-electron chi connectivity index (χ2n) is 5.20. The predicted molar refractivity (Wildman–Crippen MR) is 82.2 cm³/mol. The van der Waals surface area contributed by atoms with Crippen LogP contribution in [-0.2, 0) is 9.47 Å². The fourth-order valence-corrected chi connectivity index (χ4v) is 2.50. The average molecular weight is 284 g/mol. The Morgan fingerprint density at radius 3 is 2.67 bits per heavy atom. The molecule has 0 saturated carbocycles. The molecule has 110 valence electrons. The second-order valence-corrected chi connectivity index (χ2v) is 5.20. The van der Waals surface area contributed by atoms with Gasteiger partial charge in [0.25, 0.3) is 0 Å². The number of hydrogen-bond acceptors (Lipinski definition) is 3. The Morgan fingerprint density at radius 1 is 1.19 bits per heavy atom. The van der Waals surface area contributed by atoms with Gasteiger partial charge in [-0.3, -0.25) is 0 Å². The Labute approximate surface area is 125 Å². The third kappa shape index (κ3) is 3.63. The SMILES string of the molecule is COc1ccc(C2OC[C@@H](CCC=C3C=CC=C3)O2)cc1. The summed E-state index contributed by atoms with van der Waals surface area (Å²) in [5.74, 6) is 0.845. The summed E-state index contributed by atoms with van der Waals surface area (Å²) in [6, 6.07) is 7.83. The highest BCUT2D eigenvalue weighted by Gasteiger charge is 2.26. The van der Waals surface area contributed by atoms with Crippen molar-refractivity contribution in [3.63, 3.8) is 0 Å². The molecule has 1 unspecified atom stereocenters. The summed E-state index contributed by atoms with van der Waals surface area (Å²) in [5.41, 5.74) is 2.32. The van der Waals surface area contributed by atoms with E-state index < -0.39 is 0 Å². The lowest BCUT2D eigenvalue weighted by Gasteiger charge is -2.11. The van der Waals surface area contributed by atoms with Crippen LogP contribution in [0.15, 0.2) is 60.2 Å². The monoisotopic (exact) mass is 284 g/mol.